The van der Waals surface area contributed by atoms with E-state index >= 15 is 0 Å². The normalized spacial score (nSPS) is 11.6. The molecule has 0 aliphatic heterocycles. The maximum absolute atomic E-state index is 14.0. The summed E-state index contributed by atoms with van der Waals surface area (Å²) < 4.78 is 15.0. The van der Waals surface area contributed by atoms with Gasteiger partial charge in [0, 0.05) is 40.4 Å². The highest BCUT2D eigenvalue weighted by atomic mass is 32.2. The van der Waals surface area contributed by atoms with Gasteiger partial charge in [0.1, 0.15) is 5.82 Å². The fourth-order valence-electron chi connectivity index (χ4n) is 2.14. The molecule has 2 aromatic rings. The van der Waals surface area contributed by atoms with Crippen LogP contribution in [0, 0.1) is 5.82 Å². The third-order valence-corrected chi connectivity index (χ3v) is 4.95. The van der Waals surface area contributed by atoms with E-state index in [-0.39, 0.29) is 5.82 Å². The molecule has 5 heteroatoms. The van der Waals surface area contributed by atoms with Gasteiger partial charge in [-0.2, -0.15) is 11.8 Å². The zero-order chi connectivity index (χ0) is 13.8. The molecule has 104 valence electrons. The van der Waals surface area contributed by atoms with Crippen molar-refractivity contribution >= 4 is 33.2 Å². The second-order valence-corrected chi connectivity index (χ2v) is 6.67. The van der Waals surface area contributed by atoms with E-state index in [9.17, 15) is 4.39 Å². The van der Waals surface area contributed by atoms with Gasteiger partial charge in [0.15, 0.2) is 0 Å². The van der Waals surface area contributed by atoms with Crippen LogP contribution in [0.25, 0.3) is 10.1 Å². The minimum Gasteiger partial charge on any atom is -0.326 e. The summed E-state index contributed by atoms with van der Waals surface area (Å²) in [4.78, 5) is 3.32. The molecule has 0 spiro atoms. The Morgan fingerprint density at radius 1 is 1.42 bits per heavy atom. The van der Waals surface area contributed by atoms with Gasteiger partial charge in [-0.25, -0.2) is 4.39 Å². The van der Waals surface area contributed by atoms with E-state index in [4.69, 9.17) is 5.73 Å². The number of benzene rings is 1. The maximum Gasteiger partial charge on any atom is 0.132 e. The van der Waals surface area contributed by atoms with E-state index in [0.717, 1.165) is 39.4 Å². The van der Waals surface area contributed by atoms with E-state index in [2.05, 4.69) is 18.2 Å². The Morgan fingerprint density at radius 3 is 2.89 bits per heavy atom. The Kier molecular flexibility index (Phi) is 5.21. The smallest absolute Gasteiger partial charge is 0.132 e. The number of hydrogen-bond donors (Lipinski definition) is 1. The molecule has 1 aromatic heterocycles. The largest absolute Gasteiger partial charge is 0.326 e. The zero-order valence-electron chi connectivity index (χ0n) is 11.3. The van der Waals surface area contributed by atoms with Gasteiger partial charge in [-0.1, -0.05) is 6.07 Å². The Bertz CT molecular complexity index is 554. The van der Waals surface area contributed by atoms with Gasteiger partial charge >= 0.3 is 0 Å². The summed E-state index contributed by atoms with van der Waals surface area (Å²) in [5.74, 6) is 0.945. The summed E-state index contributed by atoms with van der Waals surface area (Å²) >= 11 is 3.43. The molecule has 0 saturated heterocycles. The first kappa shape index (κ1) is 14.8. The first-order valence-electron chi connectivity index (χ1n) is 6.23. The Morgan fingerprint density at radius 2 is 2.21 bits per heavy atom. The van der Waals surface area contributed by atoms with Gasteiger partial charge in [-0.05, 0) is 31.0 Å². The summed E-state index contributed by atoms with van der Waals surface area (Å²) in [5, 5.41) is 0.754. The van der Waals surface area contributed by atoms with Crippen LogP contribution in [0.5, 0.6) is 0 Å². The van der Waals surface area contributed by atoms with Gasteiger partial charge in [-0.3, -0.25) is 0 Å². The van der Waals surface area contributed by atoms with Crippen molar-refractivity contribution in [3.8, 4) is 0 Å². The third kappa shape index (κ3) is 3.28. The Labute approximate surface area is 121 Å². The molecule has 0 unspecified atom stereocenters. The number of fused-ring (bicyclic) bond motifs is 1. The van der Waals surface area contributed by atoms with Crippen LogP contribution in [-0.2, 0) is 13.1 Å². The zero-order valence-corrected chi connectivity index (χ0v) is 12.9. The number of rotatable bonds is 6. The number of nitrogens with zero attached hydrogens (tertiary/aromatic N) is 1. The van der Waals surface area contributed by atoms with Crippen LogP contribution >= 0.6 is 23.1 Å². The first-order chi connectivity index (χ1) is 9.17. The molecule has 0 bridgehead atoms. The predicted octanol–water partition coefficient (Wildman–Crippen LogP) is 3.29. The van der Waals surface area contributed by atoms with Gasteiger partial charge in [-0.15, -0.1) is 11.3 Å². The van der Waals surface area contributed by atoms with E-state index < -0.39 is 0 Å². The number of thioether (sulfide) groups is 1. The highest BCUT2D eigenvalue weighted by Gasteiger charge is 2.15. The van der Waals surface area contributed by atoms with E-state index in [1.807, 2.05) is 17.8 Å². The molecule has 2 nitrogen and oxygen atoms in total. The van der Waals surface area contributed by atoms with E-state index in [1.54, 1.807) is 17.4 Å². The molecule has 0 aliphatic rings. The van der Waals surface area contributed by atoms with Crippen LogP contribution in [0.3, 0.4) is 0 Å². The van der Waals surface area contributed by atoms with Crippen molar-refractivity contribution in [3.63, 3.8) is 0 Å². The van der Waals surface area contributed by atoms with Crippen molar-refractivity contribution in [1.82, 2.24) is 4.90 Å². The summed E-state index contributed by atoms with van der Waals surface area (Å²) in [6.07, 6.45) is 2.10. The Balaban J connectivity index is 2.34. The molecule has 19 heavy (non-hydrogen) atoms. The maximum atomic E-state index is 14.0. The van der Waals surface area contributed by atoms with Crippen LogP contribution in [-0.4, -0.2) is 30.5 Å². The number of nitrogens with two attached hydrogens (primary N) is 1. The molecule has 0 fully saturated rings. The molecule has 1 heterocycles. The molecular formula is C14H19FN2S2. The number of halogens is 1. The van der Waals surface area contributed by atoms with Gasteiger partial charge in [0.25, 0.3) is 0 Å². The van der Waals surface area contributed by atoms with Crippen molar-refractivity contribution in [2.24, 2.45) is 5.73 Å². The fourth-order valence-corrected chi connectivity index (χ4v) is 3.75. The quantitative estimate of drug-likeness (QED) is 0.887. The van der Waals surface area contributed by atoms with Crippen LogP contribution in [0.2, 0.25) is 0 Å². The second-order valence-electron chi connectivity index (χ2n) is 4.55. The highest BCUT2D eigenvalue weighted by Crippen LogP contribution is 2.33. The molecule has 0 radical (unpaired) electrons. The highest BCUT2D eigenvalue weighted by molar-refractivity contribution is 7.98. The van der Waals surface area contributed by atoms with Crippen molar-refractivity contribution in [3.05, 3.63) is 34.5 Å². The predicted molar refractivity (Wildman–Crippen MR) is 84.4 cm³/mol. The number of thiophene rings is 1. The van der Waals surface area contributed by atoms with Gasteiger partial charge in [0.2, 0.25) is 0 Å². The molecule has 2 N–H and O–H groups in total. The van der Waals surface area contributed by atoms with Gasteiger partial charge in [0.05, 0.1) is 0 Å². The number of hydrogen-bond acceptors (Lipinski definition) is 4. The van der Waals surface area contributed by atoms with Crippen LogP contribution in [0.15, 0.2) is 18.2 Å². The third-order valence-electron chi connectivity index (χ3n) is 3.14. The lowest BCUT2D eigenvalue weighted by Crippen LogP contribution is -2.21. The first-order valence-corrected chi connectivity index (χ1v) is 8.44. The lowest BCUT2D eigenvalue weighted by molar-refractivity contribution is 0.349. The summed E-state index contributed by atoms with van der Waals surface area (Å²) in [7, 11) is 2.07. The van der Waals surface area contributed by atoms with Crippen LogP contribution in [0.4, 0.5) is 4.39 Å². The Hall–Kier alpha value is -0.620. The van der Waals surface area contributed by atoms with Gasteiger partial charge < -0.3 is 10.6 Å². The minimum absolute atomic E-state index is 0.137. The van der Waals surface area contributed by atoms with Crippen molar-refractivity contribution in [2.45, 2.75) is 13.1 Å². The van der Waals surface area contributed by atoms with Crippen molar-refractivity contribution < 1.29 is 4.39 Å². The molecular weight excluding hydrogens is 279 g/mol. The summed E-state index contributed by atoms with van der Waals surface area (Å²) in [6, 6.07) is 5.25. The van der Waals surface area contributed by atoms with Crippen molar-refractivity contribution in [2.75, 3.05) is 25.6 Å². The molecule has 2 rings (SSSR count). The lowest BCUT2D eigenvalue weighted by Gasteiger charge is -2.16. The summed E-state index contributed by atoms with van der Waals surface area (Å²) in [5.41, 5.74) is 6.87. The lowest BCUT2D eigenvalue weighted by atomic mass is 10.1. The topological polar surface area (TPSA) is 29.3 Å². The van der Waals surface area contributed by atoms with Crippen LogP contribution < -0.4 is 5.73 Å². The van der Waals surface area contributed by atoms with E-state index in [1.165, 1.54) is 6.07 Å². The standard InChI is InChI=1S/C14H19FN2S2/c1-17(6-7-18-2)9-10-13(8-16)19-12-5-3-4-11(15)14(10)12/h3-5H,6-9,16H2,1-2H3. The SMILES string of the molecule is CSCCN(C)Cc1c(CN)sc2cccc(F)c12. The van der Waals surface area contributed by atoms with E-state index in [0.29, 0.717) is 6.54 Å². The van der Waals surface area contributed by atoms with Crippen molar-refractivity contribution in [1.29, 1.82) is 0 Å². The van der Waals surface area contributed by atoms with Crippen LogP contribution in [0.1, 0.15) is 10.4 Å². The molecule has 0 atom stereocenters. The molecule has 0 saturated carbocycles. The fraction of sp³-hybridized carbons (Fsp3) is 0.429. The second kappa shape index (κ2) is 6.70. The summed E-state index contributed by atoms with van der Waals surface area (Å²) in [6.45, 7) is 2.23. The minimum atomic E-state index is -0.137. The molecule has 1 aromatic carbocycles. The average Bonchev–Trinajstić information content (AvgIpc) is 2.75. The molecule has 0 aliphatic carbocycles. The monoisotopic (exact) mass is 298 g/mol. The molecule has 0 amide bonds. The average molecular weight is 298 g/mol.